The Bertz CT molecular complexity index is 1030. The van der Waals surface area contributed by atoms with Crippen LogP contribution in [0.2, 0.25) is 0 Å². The molecule has 1 aliphatic rings. The maximum Gasteiger partial charge on any atom is 0.282 e. The van der Waals surface area contributed by atoms with Gasteiger partial charge < -0.3 is 4.90 Å². The molecular weight excluding hydrogens is 390 g/mol. The van der Waals surface area contributed by atoms with E-state index in [1.54, 1.807) is 9.80 Å². The first-order chi connectivity index (χ1) is 13.5. The molecule has 5 nitrogen and oxygen atoms in total. The van der Waals surface area contributed by atoms with Gasteiger partial charge in [-0.3, -0.25) is 14.5 Å². The van der Waals surface area contributed by atoms with E-state index in [-0.39, 0.29) is 17.7 Å². The minimum absolute atomic E-state index is 0.0243. The highest BCUT2D eigenvalue weighted by Gasteiger charge is 2.28. The monoisotopic (exact) mass is 411 g/mol. The van der Waals surface area contributed by atoms with Crippen molar-refractivity contribution < 1.29 is 9.59 Å². The molecular formula is C21H21N3O2S2. The third kappa shape index (κ3) is 3.91. The van der Waals surface area contributed by atoms with E-state index in [2.05, 4.69) is 19.9 Å². The molecule has 0 aliphatic carbocycles. The first-order valence-electron chi connectivity index (χ1n) is 9.15. The van der Waals surface area contributed by atoms with E-state index in [1.807, 2.05) is 36.4 Å². The molecule has 3 aromatic rings. The molecule has 144 valence electrons. The Kier molecular flexibility index (Phi) is 5.37. The van der Waals surface area contributed by atoms with Crippen molar-refractivity contribution in [3.05, 3.63) is 59.2 Å². The number of hydrogen-bond acceptors (Lipinski definition) is 5. The lowest BCUT2D eigenvalue weighted by Crippen LogP contribution is -2.40. The number of amides is 2. The first kappa shape index (κ1) is 19.0. The van der Waals surface area contributed by atoms with Crippen LogP contribution in [0, 0.1) is 13.8 Å². The lowest BCUT2D eigenvalue weighted by Gasteiger charge is -2.23. The fourth-order valence-electron chi connectivity index (χ4n) is 3.33. The number of rotatable bonds is 5. The number of nitrogens with zero attached hydrogens (tertiary/aromatic N) is 3. The number of aromatic nitrogens is 1. The summed E-state index contributed by atoms with van der Waals surface area (Å²) in [6, 6.07) is 14.1. The lowest BCUT2D eigenvalue weighted by molar-refractivity contribution is -0.119. The molecule has 28 heavy (non-hydrogen) atoms. The van der Waals surface area contributed by atoms with Crippen LogP contribution >= 0.6 is 23.1 Å². The van der Waals surface area contributed by atoms with Gasteiger partial charge in [-0.1, -0.05) is 59.5 Å². The van der Waals surface area contributed by atoms with Crippen LogP contribution in [0.15, 0.2) is 42.5 Å². The number of fused-ring (bicyclic) bond motifs is 1. The summed E-state index contributed by atoms with van der Waals surface area (Å²) >= 11 is 2.80. The summed E-state index contributed by atoms with van der Waals surface area (Å²) in [5.41, 5.74) is 4.26. The average molecular weight is 412 g/mol. The van der Waals surface area contributed by atoms with Gasteiger partial charge in [-0.05, 0) is 36.6 Å². The standard InChI is InChI=1S/C21H21N3O2S2/c1-14-10-15(2)19-17(11-14)22-20(28-19)24(12-16-6-4-3-5-7-16)18(25)13-23-8-9-27-21(23)26/h3-7,10-11H,8-9,12-13H2,1-2H3. The molecule has 7 heteroatoms. The molecule has 0 spiro atoms. The summed E-state index contributed by atoms with van der Waals surface area (Å²) in [5, 5.41) is 0.653. The van der Waals surface area contributed by atoms with Crippen molar-refractivity contribution in [3.8, 4) is 0 Å². The highest BCUT2D eigenvalue weighted by Crippen LogP contribution is 2.33. The smallest absolute Gasteiger partial charge is 0.282 e. The van der Waals surface area contributed by atoms with Crippen molar-refractivity contribution >= 4 is 49.6 Å². The lowest BCUT2D eigenvalue weighted by atomic mass is 10.1. The summed E-state index contributed by atoms with van der Waals surface area (Å²) in [6.45, 7) is 5.27. The molecule has 1 aromatic heterocycles. The number of hydrogen-bond donors (Lipinski definition) is 0. The Morgan fingerprint density at radius 1 is 1.21 bits per heavy atom. The predicted molar refractivity (Wildman–Crippen MR) is 116 cm³/mol. The van der Waals surface area contributed by atoms with E-state index in [4.69, 9.17) is 4.98 Å². The van der Waals surface area contributed by atoms with E-state index >= 15 is 0 Å². The quantitative estimate of drug-likeness (QED) is 0.615. The van der Waals surface area contributed by atoms with Gasteiger partial charge in [0.05, 0.1) is 16.8 Å². The second-order valence-electron chi connectivity index (χ2n) is 6.93. The largest absolute Gasteiger partial charge is 0.323 e. The molecule has 0 radical (unpaired) electrons. The number of carbonyl (C=O) groups is 2. The maximum absolute atomic E-state index is 13.2. The topological polar surface area (TPSA) is 53.5 Å². The summed E-state index contributed by atoms with van der Waals surface area (Å²) in [6.07, 6.45) is 0. The van der Waals surface area contributed by atoms with Crippen molar-refractivity contribution in [1.82, 2.24) is 9.88 Å². The Balaban J connectivity index is 1.68. The summed E-state index contributed by atoms with van der Waals surface area (Å²) in [5.74, 6) is 0.637. The fraction of sp³-hybridized carbons (Fsp3) is 0.286. The fourth-order valence-corrected chi connectivity index (χ4v) is 5.18. The van der Waals surface area contributed by atoms with E-state index in [0.717, 1.165) is 32.7 Å². The minimum Gasteiger partial charge on any atom is -0.323 e. The third-order valence-corrected chi connectivity index (χ3v) is 6.82. The van der Waals surface area contributed by atoms with Crippen molar-refractivity contribution in [3.63, 3.8) is 0 Å². The number of anilines is 1. The number of carbonyl (C=O) groups excluding carboxylic acids is 2. The van der Waals surface area contributed by atoms with E-state index in [0.29, 0.717) is 18.2 Å². The van der Waals surface area contributed by atoms with Crippen LogP contribution in [0.1, 0.15) is 16.7 Å². The van der Waals surface area contributed by atoms with Crippen LogP contribution in [-0.2, 0) is 11.3 Å². The van der Waals surface area contributed by atoms with E-state index < -0.39 is 0 Å². The maximum atomic E-state index is 13.2. The van der Waals surface area contributed by atoms with Crippen LogP contribution in [0.3, 0.4) is 0 Å². The molecule has 0 unspecified atom stereocenters. The number of benzene rings is 2. The molecule has 0 bridgehead atoms. The van der Waals surface area contributed by atoms with E-state index in [9.17, 15) is 9.59 Å². The van der Waals surface area contributed by atoms with Gasteiger partial charge in [0.25, 0.3) is 5.24 Å². The number of aryl methyl sites for hydroxylation is 2. The number of thiazole rings is 1. The Morgan fingerprint density at radius 3 is 2.71 bits per heavy atom. The molecule has 0 saturated carbocycles. The normalized spacial score (nSPS) is 14.1. The molecule has 1 fully saturated rings. The third-order valence-electron chi connectivity index (χ3n) is 4.70. The van der Waals surface area contributed by atoms with Crippen molar-refractivity contribution in [2.24, 2.45) is 0 Å². The molecule has 1 saturated heterocycles. The van der Waals surface area contributed by atoms with Crippen LogP contribution in [0.4, 0.5) is 9.93 Å². The Hall–Kier alpha value is -2.38. The van der Waals surface area contributed by atoms with Gasteiger partial charge in [0.2, 0.25) is 5.91 Å². The van der Waals surface area contributed by atoms with Gasteiger partial charge >= 0.3 is 0 Å². The second-order valence-corrected chi connectivity index (χ2v) is 8.95. The predicted octanol–water partition coefficient (Wildman–Crippen LogP) is 4.62. The minimum atomic E-state index is -0.104. The van der Waals surface area contributed by atoms with Crippen LogP contribution in [-0.4, -0.2) is 39.9 Å². The van der Waals surface area contributed by atoms with E-state index in [1.165, 1.54) is 23.1 Å². The van der Waals surface area contributed by atoms with Gasteiger partial charge in [0, 0.05) is 12.3 Å². The number of thioether (sulfide) groups is 1. The zero-order valence-corrected chi connectivity index (χ0v) is 17.5. The Morgan fingerprint density at radius 2 is 2.00 bits per heavy atom. The molecule has 2 amide bonds. The van der Waals surface area contributed by atoms with Crippen molar-refractivity contribution in [2.75, 3.05) is 23.7 Å². The van der Waals surface area contributed by atoms with Crippen LogP contribution in [0.5, 0.6) is 0 Å². The summed E-state index contributed by atoms with van der Waals surface area (Å²) in [7, 11) is 0. The van der Waals surface area contributed by atoms with Gasteiger partial charge in [0.1, 0.15) is 6.54 Å². The average Bonchev–Trinajstić information content (AvgIpc) is 3.27. The zero-order valence-electron chi connectivity index (χ0n) is 15.8. The Labute approximate surface area is 172 Å². The first-order valence-corrected chi connectivity index (χ1v) is 11.0. The van der Waals surface area contributed by atoms with Crippen LogP contribution < -0.4 is 4.90 Å². The molecule has 1 aliphatic heterocycles. The molecule has 0 N–H and O–H groups in total. The second kappa shape index (κ2) is 7.93. The van der Waals surface area contributed by atoms with Gasteiger partial charge in [0.15, 0.2) is 5.13 Å². The van der Waals surface area contributed by atoms with Crippen molar-refractivity contribution in [2.45, 2.75) is 20.4 Å². The summed E-state index contributed by atoms with van der Waals surface area (Å²) < 4.78 is 1.10. The SMILES string of the molecule is Cc1cc(C)c2sc(N(Cc3ccccc3)C(=O)CN3CCSC3=O)nc2c1. The van der Waals surface area contributed by atoms with Crippen molar-refractivity contribution in [1.29, 1.82) is 0 Å². The highest BCUT2D eigenvalue weighted by molar-refractivity contribution is 8.13. The van der Waals surface area contributed by atoms with Crippen LogP contribution in [0.25, 0.3) is 10.2 Å². The zero-order chi connectivity index (χ0) is 19.7. The van der Waals surface area contributed by atoms with Gasteiger partial charge in [-0.15, -0.1) is 0 Å². The van der Waals surface area contributed by atoms with Gasteiger partial charge in [-0.2, -0.15) is 0 Å². The molecule has 2 aromatic carbocycles. The summed E-state index contributed by atoms with van der Waals surface area (Å²) in [4.78, 5) is 33.2. The molecule has 4 rings (SSSR count). The highest BCUT2D eigenvalue weighted by atomic mass is 32.2. The molecule has 0 atom stereocenters. The molecule has 2 heterocycles. The van der Waals surface area contributed by atoms with Gasteiger partial charge in [-0.25, -0.2) is 4.98 Å².